The summed E-state index contributed by atoms with van der Waals surface area (Å²) in [6.07, 6.45) is 1.54. The molecule has 20 heavy (non-hydrogen) atoms. The molecule has 0 saturated carbocycles. The molecule has 0 aliphatic carbocycles. The van der Waals surface area contributed by atoms with Gasteiger partial charge >= 0.3 is 5.97 Å². The largest absolute Gasteiger partial charge is 0.465 e. The van der Waals surface area contributed by atoms with Crippen LogP contribution in [0.2, 0.25) is 0 Å². The summed E-state index contributed by atoms with van der Waals surface area (Å²) >= 11 is 1.73. The van der Waals surface area contributed by atoms with Gasteiger partial charge in [-0.3, -0.25) is 0 Å². The van der Waals surface area contributed by atoms with Gasteiger partial charge in [0.05, 0.1) is 24.9 Å². The number of aryl methyl sites for hydroxylation is 2. The molecular formula is C14H17N3O2S. The molecule has 0 saturated heterocycles. The Morgan fingerprint density at radius 3 is 2.85 bits per heavy atom. The number of carbonyl (C=O) groups excluding carboxylic acids is 1. The van der Waals surface area contributed by atoms with Crippen molar-refractivity contribution in [3.63, 3.8) is 0 Å². The van der Waals surface area contributed by atoms with E-state index < -0.39 is 5.97 Å². The van der Waals surface area contributed by atoms with Crippen LogP contribution in [0.1, 0.15) is 25.7 Å². The number of thiophene rings is 1. The highest BCUT2D eigenvalue weighted by atomic mass is 32.1. The van der Waals surface area contributed by atoms with Crippen LogP contribution in [-0.2, 0) is 11.3 Å². The van der Waals surface area contributed by atoms with Gasteiger partial charge in [-0.05, 0) is 31.5 Å². The molecule has 0 bridgehead atoms. The summed E-state index contributed by atoms with van der Waals surface area (Å²) in [7, 11) is 1.33. The van der Waals surface area contributed by atoms with Gasteiger partial charge in [-0.1, -0.05) is 0 Å². The number of methoxy groups -OCH3 is 1. The van der Waals surface area contributed by atoms with Crippen LogP contribution in [-0.4, -0.2) is 18.1 Å². The van der Waals surface area contributed by atoms with Crippen molar-refractivity contribution in [3.05, 3.63) is 39.2 Å². The number of nitrogens with zero attached hydrogens (tertiary/aromatic N) is 1. The number of nitrogens with two attached hydrogens (primary N) is 1. The number of hydrogen-bond donors (Lipinski definition) is 2. The zero-order chi connectivity index (χ0) is 14.7. The highest BCUT2D eigenvalue weighted by Gasteiger charge is 2.13. The molecule has 6 heteroatoms. The minimum atomic E-state index is -0.462. The normalized spacial score (nSPS) is 10.3. The number of pyridine rings is 1. The van der Waals surface area contributed by atoms with Crippen LogP contribution >= 0.6 is 11.3 Å². The van der Waals surface area contributed by atoms with Gasteiger partial charge in [0.15, 0.2) is 0 Å². The lowest BCUT2D eigenvalue weighted by Crippen LogP contribution is -2.10. The van der Waals surface area contributed by atoms with E-state index in [1.165, 1.54) is 28.6 Å². The molecule has 2 rings (SSSR count). The van der Waals surface area contributed by atoms with Gasteiger partial charge in [-0.2, -0.15) is 0 Å². The summed E-state index contributed by atoms with van der Waals surface area (Å²) in [6.45, 7) is 4.80. The minimum absolute atomic E-state index is 0.310. The maximum absolute atomic E-state index is 11.6. The molecular weight excluding hydrogens is 274 g/mol. The van der Waals surface area contributed by atoms with Gasteiger partial charge in [0.25, 0.3) is 0 Å². The second-order valence-electron chi connectivity index (χ2n) is 4.42. The predicted octanol–water partition coefficient (Wildman–Crippen LogP) is 2.74. The molecule has 0 amide bonds. The number of nitrogens with one attached hydrogen (secondary N) is 1. The fourth-order valence-electron chi connectivity index (χ4n) is 1.81. The SMILES string of the molecule is COC(=O)c1ccnc(NCc2cc(C)c(C)s2)c1N. The summed E-state index contributed by atoms with van der Waals surface area (Å²) in [5, 5.41) is 3.16. The van der Waals surface area contributed by atoms with E-state index >= 15 is 0 Å². The van der Waals surface area contributed by atoms with Gasteiger partial charge in [0, 0.05) is 16.0 Å². The van der Waals surface area contributed by atoms with Crippen LogP contribution in [0.15, 0.2) is 18.3 Å². The first kappa shape index (κ1) is 14.3. The van der Waals surface area contributed by atoms with Gasteiger partial charge in [-0.15, -0.1) is 11.3 Å². The summed E-state index contributed by atoms with van der Waals surface area (Å²) in [5.74, 6) is 0.0346. The Labute approximate surface area is 121 Å². The molecule has 2 heterocycles. The second kappa shape index (κ2) is 5.92. The van der Waals surface area contributed by atoms with Gasteiger partial charge in [0.1, 0.15) is 5.82 Å². The summed E-state index contributed by atoms with van der Waals surface area (Å²) in [4.78, 5) is 18.2. The third kappa shape index (κ3) is 2.91. The summed E-state index contributed by atoms with van der Waals surface area (Å²) < 4.78 is 4.68. The van der Waals surface area contributed by atoms with Gasteiger partial charge in [-0.25, -0.2) is 9.78 Å². The average molecular weight is 291 g/mol. The van der Waals surface area contributed by atoms with Crippen LogP contribution in [0.3, 0.4) is 0 Å². The van der Waals surface area contributed by atoms with Crippen molar-refractivity contribution in [1.29, 1.82) is 0 Å². The number of aromatic nitrogens is 1. The van der Waals surface area contributed by atoms with E-state index in [1.807, 2.05) is 0 Å². The van der Waals surface area contributed by atoms with Crippen LogP contribution in [0.25, 0.3) is 0 Å². The molecule has 106 valence electrons. The first-order valence-electron chi connectivity index (χ1n) is 6.15. The Bertz CT molecular complexity index is 618. The molecule has 0 aliphatic rings. The summed E-state index contributed by atoms with van der Waals surface area (Å²) in [6, 6.07) is 3.68. The van der Waals surface area contributed by atoms with Crippen molar-refractivity contribution in [3.8, 4) is 0 Å². The first-order chi connectivity index (χ1) is 9.52. The molecule has 0 radical (unpaired) electrons. The highest BCUT2D eigenvalue weighted by Crippen LogP contribution is 2.24. The van der Waals surface area contributed by atoms with E-state index in [-0.39, 0.29) is 0 Å². The predicted molar refractivity (Wildman–Crippen MR) is 81.1 cm³/mol. The van der Waals surface area contributed by atoms with Crippen molar-refractivity contribution in [1.82, 2.24) is 4.98 Å². The second-order valence-corrected chi connectivity index (χ2v) is 5.76. The van der Waals surface area contributed by atoms with Crippen molar-refractivity contribution in [2.24, 2.45) is 0 Å². The average Bonchev–Trinajstić information content (AvgIpc) is 2.76. The number of nitrogen functional groups attached to an aromatic ring is 1. The maximum Gasteiger partial charge on any atom is 0.340 e. The minimum Gasteiger partial charge on any atom is -0.465 e. The number of ether oxygens (including phenoxy) is 1. The zero-order valence-corrected chi connectivity index (χ0v) is 12.5. The van der Waals surface area contributed by atoms with E-state index in [0.717, 1.165) is 0 Å². The molecule has 0 spiro atoms. The van der Waals surface area contributed by atoms with Gasteiger partial charge in [0.2, 0.25) is 0 Å². The number of carbonyl (C=O) groups is 1. The standard InChI is InChI=1S/C14H17N3O2S/c1-8-6-10(20-9(8)2)7-17-13-12(15)11(4-5-16-13)14(18)19-3/h4-6H,7,15H2,1-3H3,(H,16,17). The third-order valence-electron chi connectivity index (χ3n) is 3.04. The van der Waals surface area contributed by atoms with Crippen molar-refractivity contribution in [2.45, 2.75) is 20.4 Å². The first-order valence-corrected chi connectivity index (χ1v) is 6.97. The van der Waals surface area contributed by atoms with Crippen molar-refractivity contribution in [2.75, 3.05) is 18.2 Å². The van der Waals surface area contributed by atoms with E-state index in [9.17, 15) is 4.79 Å². The van der Waals surface area contributed by atoms with Gasteiger partial charge < -0.3 is 15.8 Å². The topological polar surface area (TPSA) is 77.2 Å². The lowest BCUT2D eigenvalue weighted by molar-refractivity contribution is 0.0602. The number of rotatable bonds is 4. The smallest absolute Gasteiger partial charge is 0.340 e. The van der Waals surface area contributed by atoms with E-state index in [0.29, 0.717) is 23.6 Å². The lowest BCUT2D eigenvalue weighted by atomic mass is 10.2. The van der Waals surface area contributed by atoms with Crippen LogP contribution < -0.4 is 11.1 Å². The molecule has 0 aromatic carbocycles. The Kier molecular flexibility index (Phi) is 4.24. The molecule has 2 aromatic heterocycles. The Hall–Kier alpha value is -2.08. The van der Waals surface area contributed by atoms with E-state index in [4.69, 9.17) is 5.73 Å². The molecule has 3 N–H and O–H groups in total. The summed E-state index contributed by atoms with van der Waals surface area (Å²) in [5.41, 5.74) is 7.84. The highest BCUT2D eigenvalue weighted by molar-refractivity contribution is 7.12. The fourth-order valence-corrected chi connectivity index (χ4v) is 2.80. The maximum atomic E-state index is 11.6. The molecule has 2 aromatic rings. The number of anilines is 2. The lowest BCUT2D eigenvalue weighted by Gasteiger charge is -2.10. The Balaban J connectivity index is 2.15. The number of esters is 1. The zero-order valence-electron chi connectivity index (χ0n) is 11.7. The molecule has 5 nitrogen and oxygen atoms in total. The van der Waals surface area contributed by atoms with Crippen LogP contribution in [0.5, 0.6) is 0 Å². The Morgan fingerprint density at radius 2 is 2.25 bits per heavy atom. The number of hydrogen-bond acceptors (Lipinski definition) is 6. The van der Waals surface area contributed by atoms with Crippen LogP contribution in [0.4, 0.5) is 11.5 Å². The molecule has 0 fully saturated rings. The monoisotopic (exact) mass is 291 g/mol. The third-order valence-corrected chi connectivity index (χ3v) is 4.20. The molecule has 0 aliphatic heterocycles. The fraction of sp³-hybridized carbons (Fsp3) is 0.286. The van der Waals surface area contributed by atoms with Crippen molar-refractivity contribution < 1.29 is 9.53 Å². The molecule has 0 atom stereocenters. The quantitative estimate of drug-likeness (QED) is 0.847. The van der Waals surface area contributed by atoms with E-state index in [1.54, 1.807) is 17.4 Å². The Morgan fingerprint density at radius 1 is 1.50 bits per heavy atom. The van der Waals surface area contributed by atoms with Crippen molar-refractivity contribution >= 4 is 28.8 Å². The van der Waals surface area contributed by atoms with E-state index in [2.05, 4.69) is 35.0 Å². The van der Waals surface area contributed by atoms with Crippen LogP contribution in [0, 0.1) is 13.8 Å². The molecule has 0 unspecified atom stereocenters.